The number of piperazine rings is 1. The maximum atomic E-state index is 12.9. The van der Waals surface area contributed by atoms with Gasteiger partial charge in [-0.2, -0.15) is 0 Å². The van der Waals surface area contributed by atoms with Crippen LogP contribution in [0.1, 0.15) is 60.2 Å². The van der Waals surface area contributed by atoms with Crippen LogP contribution < -0.4 is 10.2 Å². The van der Waals surface area contributed by atoms with E-state index in [1.165, 1.54) is 22.2 Å². The number of carbonyl (C=O) groups is 2. The maximum Gasteiger partial charge on any atom is 0.338 e. The lowest BCUT2D eigenvalue weighted by atomic mass is 9.89. The predicted octanol–water partition coefficient (Wildman–Crippen LogP) is 5.30. The van der Waals surface area contributed by atoms with Crippen molar-refractivity contribution in [2.24, 2.45) is 5.92 Å². The van der Waals surface area contributed by atoms with E-state index in [2.05, 4.69) is 24.1 Å². The van der Waals surface area contributed by atoms with Crippen LogP contribution in [0.3, 0.4) is 0 Å². The molecule has 5 rings (SSSR count). The van der Waals surface area contributed by atoms with Gasteiger partial charge in [-0.3, -0.25) is 0 Å². The van der Waals surface area contributed by atoms with Crippen molar-refractivity contribution in [2.45, 2.75) is 52.9 Å². The lowest BCUT2D eigenvalue weighted by molar-refractivity contribution is 0.0526. The van der Waals surface area contributed by atoms with Gasteiger partial charge in [-0.25, -0.2) is 19.6 Å². The number of hydrogen-bond acceptors (Lipinski definition) is 7. The first-order chi connectivity index (χ1) is 18.0. The normalized spacial score (nSPS) is 17.5. The van der Waals surface area contributed by atoms with E-state index in [1.807, 2.05) is 16.2 Å². The van der Waals surface area contributed by atoms with Gasteiger partial charge in [-0.15, -0.1) is 11.3 Å². The summed E-state index contributed by atoms with van der Waals surface area (Å²) in [5, 5.41) is 4.20. The molecule has 1 aliphatic carbocycles. The lowest BCUT2D eigenvalue weighted by Crippen LogP contribution is -2.50. The standard InChI is InChI=1S/C28H35N5O3S/c1-4-6-23-30-25(24-21-12-7-18(3)17-22(21)37-26(24)31-23)32-13-15-33(16-14-32)28(35)29-20-10-8-19(9-11-20)27(34)36-5-2/h8-11,18H,4-7,12-17H2,1-3H3,(H,29,35)/t18-/m0/s1. The number of aryl methyl sites for hydroxylation is 2. The number of carbonyl (C=O) groups excluding carboxylic acids is 2. The molecule has 196 valence electrons. The monoisotopic (exact) mass is 521 g/mol. The zero-order valence-corrected chi connectivity index (χ0v) is 22.7. The molecule has 1 saturated heterocycles. The highest BCUT2D eigenvalue weighted by Gasteiger charge is 2.28. The molecule has 0 spiro atoms. The number of ether oxygens (including phenoxy) is 1. The smallest absolute Gasteiger partial charge is 0.338 e. The summed E-state index contributed by atoms with van der Waals surface area (Å²) in [4.78, 5) is 41.6. The topological polar surface area (TPSA) is 87.7 Å². The number of nitrogens with one attached hydrogen (secondary N) is 1. The second-order valence-corrected chi connectivity index (χ2v) is 11.0. The van der Waals surface area contributed by atoms with Crippen molar-refractivity contribution in [3.05, 3.63) is 46.1 Å². The fourth-order valence-corrected chi connectivity index (χ4v) is 6.55. The van der Waals surface area contributed by atoms with E-state index in [0.717, 1.165) is 61.2 Å². The van der Waals surface area contributed by atoms with Gasteiger partial charge in [-0.05, 0) is 68.4 Å². The van der Waals surface area contributed by atoms with Crippen molar-refractivity contribution >= 4 is 45.1 Å². The number of urea groups is 1. The molecular formula is C28H35N5O3S. The summed E-state index contributed by atoms with van der Waals surface area (Å²) in [5.41, 5.74) is 2.57. The van der Waals surface area contributed by atoms with Crippen molar-refractivity contribution in [3.63, 3.8) is 0 Å². The molecule has 3 aromatic rings. The first kappa shape index (κ1) is 25.4. The van der Waals surface area contributed by atoms with Gasteiger partial charge < -0.3 is 19.9 Å². The molecular weight excluding hydrogens is 486 g/mol. The van der Waals surface area contributed by atoms with Crippen molar-refractivity contribution < 1.29 is 14.3 Å². The number of rotatable bonds is 6. The summed E-state index contributed by atoms with van der Waals surface area (Å²) in [6.45, 7) is 9.30. The Morgan fingerprint density at radius 2 is 1.86 bits per heavy atom. The highest BCUT2D eigenvalue weighted by molar-refractivity contribution is 7.19. The van der Waals surface area contributed by atoms with Gasteiger partial charge in [-0.1, -0.05) is 13.8 Å². The fraction of sp³-hybridized carbons (Fsp3) is 0.500. The molecule has 1 aliphatic heterocycles. The molecule has 2 aromatic heterocycles. The van der Waals surface area contributed by atoms with E-state index in [9.17, 15) is 9.59 Å². The minimum absolute atomic E-state index is 0.134. The van der Waals surface area contributed by atoms with E-state index in [-0.39, 0.29) is 12.0 Å². The van der Waals surface area contributed by atoms with Gasteiger partial charge >= 0.3 is 12.0 Å². The number of nitrogens with zero attached hydrogens (tertiary/aromatic N) is 4. The van der Waals surface area contributed by atoms with Crippen LogP contribution in [0.15, 0.2) is 24.3 Å². The highest BCUT2D eigenvalue weighted by atomic mass is 32.1. The minimum Gasteiger partial charge on any atom is -0.462 e. The number of benzene rings is 1. The molecule has 0 unspecified atom stereocenters. The van der Waals surface area contributed by atoms with Gasteiger partial charge in [0.05, 0.1) is 17.6 Å². The second-order valence-electron chi connectivity index (χ2n) is 9.95. The van der Waals surface area contributed by atoms with Crippen LogP contribution >= 0.6 is 11.3 Å². The highest BCUT2D eigenvalue weighted by Crippen LogP contribution is 2.41. The Kier molecular flexibility index (Phi) is 7.60. The Balaban J connectivity index is 1.29. The van der Waals surface area contributed by atoms with Gasteiger partial charge in [0, 0.05) is 43.2 Å². The molecule has 3 heterocycles. The molecule has 1 atom stereocenters. The Bertz CT molecular complexity index is 1280. The fourth-order valence-electron chi connectivity index (χ4n) is 5.16. The van der Waals surface area contributed by atoms with Crippen molar-refractivity contribution in [3.8, 4) is 0 Å². The van der Waals surface area contributed by atoms with Crippen molar-refractivity contribution in [1.82, 2.24) is 14.9 Å². The van der Waals surface area contributed by atoms with Gasteiger partial charge in [0.2, 0.25) is 0 Å². The molecule has 1 fully saturated rings. The van der Waals surface area contributed by atoms with Crippen molar-refractivity contribution in [1.29, 1.82) is 0 Å². The van der Waals surface area contributed by atoms with Crippen LogP contribution in [0, 0.1) is 5.92 Å². The summed E-state index contributed by atoms with van der Waals surface area (Å²) < 4.78 is 5.02. The summed E-state index contributed by atoms with van der Waals surface area (Å²) in [7, 11) is 0. The molecule has 0 radical (unpaired) electrons. The van der Waals surface area contributed by atoms with Crippen molar-refractivity contribution in [2.75, 3.05) is 43.0 Å². The number of anilines is 2. The summed E-state index contributed by atoms with van der Waals surface area (Å²) in [6, 6.07) is 6.66. The average molecular weight is 522 g/mol. The molecule has 1 N–H and O–H groups in total. The third-order valence-corrected chi connectivity index (χ3v) is 8.32. The average Bonchev–Trinajstić information content (AvgIpc) is 3.26. The number of aromatic nitrogens is 2. The van der Waals surface area contributed by atoms with Crippen LogP contribution in [-0.2, 0) is 24.0 Å². The van der Waals surface area contributed by atoms with E-state index >= 15 is 0 Å². The van der Waals surface area contributed by atoms with Crippen LogP contribution in [0.4, 0.5) is 16.3 Å². The predicted molar refractivity (Wildman–Crippen MR) is 148 cm³/mol. The number of esters is 1. The zero-order chi connectivity index (χ0) is 25.9. The SMILES string of the molecule is CCCc1nc(N2CCN(C(=O)Nc3ccc(C(=O)OCC)cc3)CC2)c2c3c(sc2n1)C[C@@H](C)CC3. The summed E-state index contributed by atoms with van der Waals surface area (Å²) in [6.07, 6.45) is 5.33. The molecule has 0 saturated carbocycles. The minimum atomic E-state index is -0.362. The molecule has 37 heavy (non-hydrogen) atoms. The first-order valence-electron chi connectivity index (χ1n) is 13.4. The van der Waals surface area contributed by atoms with E-state index in [4.69, 9.17) is 14.7 Å². The summed E-state index contributed by atoms with van der Waals surface area (Å²) >= 11 is 1.85. The van der Waals surface area contributed by atoms with Crippen LogP contribution in [0.2, 0.25) is 0 Å². The maximum absolute atomic E-state index is 12.9. The Labute approximate surface area is 222 Å². The number of thiophene rings is 1. The molecule has 2 amide bonds. The van der Waals surface area contributed by atoms with E-state index in [0.29, 0.717) is 30.9 Å². The molecule has 2 aliphatic rings. The van der Waals surface area contributed by atoms with E-state index in [1.54, 1.807) is 31.2 Å². The molecule has 9 heteroatoms. The zero-order valence-electron chi connectivity index (χ0n) is 21.9. The third-order valence-electron chi connectivity index (χ3n) is 7.17. The quantitative estimate of drug-likeness (QED) is 0.443. The largest absolute Gasteiger partial charge is 0.462 e. The van der Waals surface area contributed by atoms with Gasteiger partial charge in [0.1, 0.15) is 16.5 Å². The van der Waals surface area contributed by atoms with Crippen LogP contribution in [0.5, 0.6) is 0 Å². The number of amides is 2. The lowest BCUT2D eigenvalue weighted by Gasteiger charge is -2.36. The Morgan fingerprint density at radius 1 is 1.11 bits per heavy atom. The Hall–Kier alpha value is -3.20. The Morgan fingerprint density at radius 3 is 2.57 bits per heavy atom. The third kappa shape index (κ3) is 5.42. The summed E-state index contributed by atoms with van der Waals surface area (Å²) in [5.74, 6) is 2.33. The molecule has 8 nitrogen and oxygen atoms in total. The number of hydrogen-bond donors (Lipinski definition) is 1. The molecule has 1 aromatic carbocycles. The van der Waals surface area contributed by atoms with Crippen LogP contribution in [0.25, 0.3) is 10.2 Å². The van der Waals surface area contributed by atoms with Gasteiger partial charge in [0.25, 0.3) is 0 Å². The molecule has 0 bridgehead atoms. The first-order valence-corrected chi connectivity index (χ1v) is 14.2. The second kappa shape index (κ2) is 11.0. The van der Waals surface area contributed by atoms with Gasteiger partial charge in [0.15, 0.2) is 0 Å². The van der Waals surface area contributed by atoms with Crippen LogP contribution in [-0.4, -0.2) is 59.7 Å². The van der Waals surface area contributed by atoms with E-state index < -0.39 is 0 Å². The number of fused-ring (bicyclic) bond motifs is 3.